The van der Waals surface area contributed by atoms with E-state index in [9.17, 15) is 19.8 Å². The molecular formula is C21H20O6. The number of allylic oxidation sites excluding steroid dienone is 2. The van der Waals surface area contributed by atoms with Gasteiger partial charge in [0.25, 0.3) is 0 Å². The van der Waals surface area contributed by atoms with E-state index < -0.39 is 29.0 Å². The summed E-state index contributed by atoms with van der Waals surface area (Å²) in [5, 5.41) is 20.5. The lowest BCUT2D eigenvalue weighted by atomic mass is 10.1. The molecule has 140 valence electrons. The van der Waals surface area contributed by atoms with E-state index in [2.05, 4.69) is 0 Å². The molecule has 0 radical (unpaired) electrons. The molecule has 2 aromatic rings. The molecule has 0 aliphatic rings. The summed E-state index contributed by atoms with van der Waals surface area (Å²) in [5.74, 6) is -3.08. The van der Waals surface area contributed by atoms with Crippen molar-refractivity contribution in [2.24, 2.45) is 0 Å². The van der Waals surface area contributed by atoms with Gasteiger partial charge < -0.3 is 19.7 Å². The number of rotatable bonds is 6. The Morgan fingerprint density at radius 2 is 1.78 bits per heavy atom. The first-order valence-corrected chi connectivity index (χ1v) is 8.14. The Hall–Kier alpha value is -3.54. The first-order chi connectivity index (χ1) is 12.9. The standard InChI is InChI=1S/C21H20O6/c1-4-13(2)21(25)27-20-16(23)12-17(26-3)18(19(20)24)15(22)11-10-14-8-6-5-7-9-14/h4-12,23-24H,1-3H3/b11-10+,13-4-. The number of phenolic OH excluding ortho intramolecular Hbond substituents is 2. The second-order valence-electron chi connectivity index (χ2n) is 5.62. The van der Waals surface area contributed by atoms with E-state index >= 15 is 0 Å². The Balaban J connectivity index is 2.45. The Bertz CT molecular complexity index is 910. The van der Waals surface area contributed by atoms with Crippen molar-refractivity contribution in [3.05, 3.63) is 65.3 Å². The van der Waals surface area contributed by atoms with Crippen LogP contribution in [0.1, 0.15) is 29.8 Å². The Kier molecular flexibility index (Phi) is 6.38. The third kappa shape index (κ3) is 4.55. The molecule has 0 aromatic heterocycles. The zero-order chi connectivity index (χ0) is 20.0. The number of carbonyl (C=O) groups excluding carboxylic acids is 2. The molecule has 6 heteroatoms. The van der Waals surface area contributed by atoms with Gasteiger partial charge in [-0.3, -0.25) is 4.79 Å². The molecule has 0 saturated heterocycles. The number of hydrogen-bond acceptors (Lipinski definition) is 6. The highest BCUT2D eigenvalue weighted by molar-refractivity contribution is 6.11. The van der Waals surface area contributed by atoms with Gasteiger partial charge in [-0.1, -0.05) is 42.5 Å². The van der Waals surface area contributed by atoms with Gasteiger partial charge in [0.15, 0.2) is 17.3 Å². The summed E-state index contributed by atoms with van der Waals surface area (Å²) in [6, 6.07) is 10.2. The van der Waals surface area contributed by atoms with Crippen molar-refractivity contribution in [2.45, 2.75) is 13.8 Å². The van der Waals surface area contributed by atoms with E-state index in [0.717, 1.165) is 11.6 Å². The topological polar surface area (TPSA) is 93.1 Å². The molecule has 0 spiro atoms. The number of hydrogen-bond donors (Lipinski definition) is 2. The average Bonchev–Trinajstić information content (AvgIpc) is 2.68. The van der Waals surface area contributed by atoms with Crippen LogP contribution in [0.5, 0.6) is 23.0 Å². The molecule has 6 nitrogen and oxygen atoms in total. The van der Waals surface area contributed by atoms with Crippen molar-refractivity contribution in [1.82, 2.24) is 0 Å². The fourth-order valence-corrected chi connectivity index (χ4v) is 2.22. The second kappa shape index (κ2) is 8.71. The minimum absolute atomic E-state index is 0.0460. The fourth-order valence-electron chi connectivity index (χ4n) is 2.22. The van der Waals surface area contributed by atoms with Crippen LogP contribution in [0.15, 0.2) is 54.1 Å². The van der Waals surface area contributed by atoms with E-state index in [1.807, 2.05) is 30.3 Å². The molecule has 0 heterocycles. The van der Waals surface area contributed by atoms with Crippen LogP contribution in [-0.2, 0) is 4.79 Å². The number of ether oxygens (including phenoxy) is 2. The van der Waals surface area contributed by atoms with Crippen molar-refractivity contribution in [3.8, 4) is 23.0 Å². The van der Waals surface area contributed by atoms with Crippen LogP contribution >= 0.6 is 0 Å². The SMILES string of the molecule is C/C=C(/C)C(=O)Oc1c(O)cc(OC)c(C(=O)/C=C/c2ccccc2)c1O. The van der Waals surface area contributed by atoms with Crippen LogP contribution in [0.2, 0.25) is 0 Å². The summed E-state index contributed by atoms with van der Waals surface area (Å²) >= 11 is 0. The van der Waals surface area contributed by atoms with Crippen LogP contribution in [0.3, 0.4) is 0 Å². The summed E-state index contributed by atoms with van der Waals surface area (Å²) in [5.41, 5.74) is 0.850. The van der Waals surface area contributed by atoms with Crippen molar-refractivity contribution in [1.29, 1.82) is 0 Å². The van der Waals surface area contributed by atoms with Gasteiger partial charge in [0, 0.05) is 11.6 Å². The maximum absolute atomic E-state index is 12.6. The summed E-state index contributed by atoms with van der Waals surface area (Å²) in [7, 11) is 1.29. The van der Waals surface area contributed by atoms with Crippen molar-refractivity contribution >= 4 is 17.8 Å². The van der Waals surface area contributed by atoms with E-state index in [1.54, 1.807) is 13.0 Å². The molecule has 0 unspecified atom stereocenters. The first-order valence-electron chi connectivity index (χ1n) is 8.14. The highest BCUT2D eigenvalue weighted by atomic mass is 16.5. The molecule has 0 aliphatic carbocycles. The van der Waals surface area contributed by atoms with E-state index in [-0.39, 0.29) is 16.9 Å². The number of esters is 1. The highest BCUT2D eigenvalue weighted by Crippen LogP contribution is 2.44. The average molecular weight is 368 g/mol. The van der Waals surface area contributed by atoms with Crippen LogP contribution in [0, 0.1) is 0 Å². The van der Waals surface area contributed by atoms with Crippen LogP contribution < -0.4 is 9.47 Å². The number of aromatic hydroxyl groups is 2. The molecule has 0 aliphatic heterocycles. The predicted molar refractivity (Wildman–Crippen MR) is 101 cm³/mol. The molecule has 27 heavy (non-hydrogen) atoms. The normalized spacial score (nSPS) is 11.4. The van der Waals surface area contributed by atoms with E-state index in [1.165, 1.54) is 26.2 Å². The third-order valence-electron chi connectivity index (χ3n) is 3.84. The molecule has 0 atom stereocenters. The quantitative estimate of drug-likeness (QED) is 0.348. The molecule has 0 bridgehead atoms. The van der Waals surface area contributed by atoms with Crippen LogP contribution in [-0.4, -0.2) is 29.1 Å². The second-order valence-corrected chi connectivity index (χ2v) is 5.62. The number of carbonyl (C=O) groups is 2. The molecule has 0 amide bonds. The van der Waals surface area contributed by atoms with Crippen molar-refractivity contribution < 1.29 is 29.3 Å². The molecular weight excluding hydrogens is 348 g/mol. The lowest BCUT2D eigenvalue weighted by molar-refractivity contribution is -0.130. The van der Waals surface area contributed by atoms with E-state index in [0.29, 0.717) is 0 Å². The van der Waals surface area contributed by atoms with Gasteiger partial charge in [0.05, 0.1) is 7.11 Å². The van der Waals surface area contributed by atoms with Gasteiger partial charge in [-0.15, -0.1) is 0 Å². The monoisotopic (exact) mass is 368 g/mol. The van der Waals surface area contributed by atoms with Crippen molar-refractivity contribution in [2.75, 3.05) is 7.11 Å². The minimum atomic E-state index is -0.758. The summed E-state index contributed by atoms with van der Waals surface area (Å²) in [6.07, 6.45) is 4.35. The third-order valence-corrected chi connectivity index (χ3v) is 3.84. The zero-order valence-electron chi connectivity index (χ0n) is 15.2. The smallest absolute Gasteiger partial charge is 0.339 e. The van der Waals surface area contributed by atoms with Gasteiger partial charge in [0.1, 0.15) is 11.3 Å². The van der Waals surface area contributed by atoms with Gasteiger partial charge in [-0.2, -0.15) is 0 Å². The molecule has 2 N–H and O–H groups in total. The fraction of sp³-hybridized carbons (Fsp3) is 0.143. The highest BCUT2D eigenvalue weighted by Gasteiger charge is 2.25. The maximum Gasteiger partial charge on any atom is 0.339 e. The molecule has 0 fully saturated rings. The number of benzene rings is 2. The molecule has 2 aromatic carbocycles. The van der Waals surface area contributed by atoms with Crippen molar-refractivity contribution in [3.63, 3.8) is 0 Å². The lowest BCUT2D eigenvalue weighted by Crippen LogP contribution is -2.10. The Morgan fingerprint density at radius 3 is 2.37 bits per heavy atom. The summed E-state index contributed by atoms with van der Waals surface area (Å²) in [6.45, 7) is 3.17. The van der Waals surface area contributed by atoms with Gasteiger partial charge in [0.2, 0.25) is 5.75 Å². The maximum atomic E-state index is 12.6. The van der Waals surface area contributed by atoms with Gasteiger partial charge >= 0.3 is 5.97 Å². The summed E-state index contributed by atoms with van der Waals surface area (Å²) < 4.78 is 10.1. The summed E-state index contributed by atoms with van der Waals surface area (Å²) in [4.78, 5) is 24.5. The first kappa shape index (κ1) is 19.8. The Labute approximate surface area is 157 Å². The largest absolute Gasteiger partial charge is 0.504 e. The van der Waals surface area contributed by atoms with Gasteiger partial charge in [-0.05, 0) is 25.5 Å². The number of ketones is 1. The van der Waals surface area contributed by atoms with Crippen LogP contribution in [0.25, 0.3) is 6.08 Å². The Morgan fingerprint density at radius 1 is 1.11 bits per heavy atom. The van der Waals surface area contributed by atoms with Crippen LogP contribution in [0.4, 0.5) is 0 Å². The molecule has 2 rings (SSSR count). The predicted octanol–water partition coefficient (Wildman–Crippen LogP) is 3.87. The zero-order valence-corrected chi connectivity index (χ0v) is 15.2. The molecule has 0 saturated carbocycles. The van der Waals surface area contributed by atoms with Gasteiger partial charge in [-0.25, -0.2) is 4.79 Å². The van der Waals surface area contributed by atoms with E-state index in [4.69, 9.17) is 9.47 Å². The number of methoxy groups -OCH3 is 1. The minimum Gasteiger partial charge on any atom is -0.504 e. The number of phenols is 2. The lowest BCUT2D eigenvalue weighted by Gasteiger charge is -2.14.